The van der Waals surface area contributed by atoms with Gasteiger partial charge in [-0.15, -0.1) is 0 Å². The zero-order chi connectivity index (χ0) is 13.0. The van der Waals surface area contributed by atoms with E-state index in [0.717, 1.165) is 4.47 Å². The summed E-state index contributed by atoms with van der Waals surface area (Å²) < 4.78 is 11.9. The molecule has 0 aromatic heterocycles. The normalized spacial score (nSPS) is 14.1. The van der Waals surface area contributed by atoms with Crippen LogP contribution in [0.4, 0.5) is 0 Å². The van der Waals surface area contributed by atoms with Crippen LogP contribution in [0.1, 0.15) is 17.3 Å². The second-order valence-corrected chi connectivity index (χ2v) is 6.77. The van der Waals surface area contributed by atoms with Crippen molar-refractivity contribution in [3.8, 4) is 0 Å². The van der Waals surface area contributed by atoms with Gasteiger partial charge in [0.15, 0.2) is 0 Å². The highest BCUT2D eigenvalue weighted by Gasteiger charge is 2.13. The summed E-state index contributed by atoms with van der Waals surface area (Å²) in [5.41, 5.74) is 0.412. The van der Waals surface area contributed by atoms with Crippen molar-refractivity contribution in [2.24, 2.45) is 0 Å². The Hall–Kier alpha value is -0.390. The molecule has 0 saturated carbocycles. The van der Waals surface area contributed by atoms with Gasteiger partial charge >= 0.3 is 0 Å². The summed E-state index contributed by atoms with van der Waals surface area (Å²) >= 11 is 9.21. The van der Waals surface area contributed by atoms with Crippen LogP contribution in [0.5, 0.6) is 0 Å². The summed E-state index contributed by atoms with van der Waals surface area (Å²) in [6.07, 6.45) is 1.61. The van der Waals surface area contributed by atoms with Crippen molar-refractivity contribution < 1.29 is 9.00 Å². The zero-order valence-electron chi connectivity index (χ0n) is 9.50. The molecule has 1 amide bonds. The number of carbonyl (C=O) groups is 1. The highest BCUT2D eigenvalue weighted by atomic mass is 79.9. The van der Waals surface area contributed by atoms with E-state index in [2.05, 4.69) is 21.2 Å². The fourth-order valence-corrected chi connectivity index (χ4v) is 2.00. The second-order valence-electron chi connectivity index (χ2n) is 3.64. The molecule has 17 heavy (non-hydrogen) atoms. The van der Waals surface area contributed by atoms with E-state index in [4.69, 9.17) is 11.6 Å². The lowest BCUT2D eigenvalue weighted by Crippen LogP contribution is -2.32. The van der Waals surface area contributed by atoms with Gasteiger partial charge in [-0.3, -0.25) is 9.00 Å². The predicted octanol–water partition coefficient (Wildman–Crippen LogP) is 2.60. The number of rotatable bonds is 4. The molecule has 3 nitrogen and oxygen atoms in total. The average molecular weight is 339 g/mol. The molecule has 0 heterocycles. The first-order valence-electron chi connectivity index (χ1n) is 4.97. The largest absolute Gasteiger partial charge is 0.351 e. The minimum Gasteiger partial charge on any atom is -0.351 e. The van der Waals surface area contributed by atoms with Gasteiger partial charge in [0.2, 0.25) is 0 Å². The Morgan fingerprint density at radius 2 is 2.24 bits per heavy atom. The Kier molecular flexibility index (Phi) is 5.62. The van der Waals surface area contributed by atoms with Crippen molar-refractivity contribution >= 4 is 44.2 Å². The maximum atomic E-state index is 11.8. The summed E-state index contributed by atoms with van der Waals surface area (Å²) in [5, 5.41) is 3.03. The van der Waals surface area contributed by atoms with E-state index in [-0.39, 0.29) is 11.2 Å². The number of halogens is 2. The van der Waals surface area contributed by atoms with Gasteiger partial charge in [0.25, 0.3) is 5.91 Å². The summed E-state index contributed by atoms with van der Waals surface area (Å²) in [7, 11) is -0.950. The van der Waals surface area contributed by atoms with Crippen LogP contribution in [0.3, 0.4) is 0 Å². The van der Waals surface area contributed by atoms with E-state index < -0.39 is 10.8 Å². The maximum Gasteiger partial charge on any atom is 0.252 e. The van der Waals surface area contributed by atoms with Crippen molar-refractivity contribution in [1.29, 1.82) is 0 Å². The fraction of sp³-hybridized carbons (Fsp3) is 0.364. The molecule has 0 radical (unpaired) electrons. The fourth-order valence-electron chi connectivity index (χ4n) is 1.12. The number of hydrogen-bond donors (Lipinski definition) is 1. The van der Waals surface area contributed by atoms with Gasteiger partial charge in [-0.25, -0.2) is 0 Å². The zero-order valence-corrected chi connectivity index (χ0v) is 12.7. The smallest absolute Gasteiger partial charge is 0.252 e. The van der Waals surface area contributed by atoms with E-state index in [1.165, 1.54) is 0 Å². The minimum atomic E-state index is -0.950. The van der Waals surface area contributed by atoms with Crippen LogP contribution in [-0.2, 0) is 10.8 Å². The van der Waals surface area contributed by atoms with Crippen LogP contribution in [-0.4, -0.2) is 28.2 Å². The molecule has 94 valence electrons. The first kappa shape index (κ1) is 14.7. The molecule has 2 unspecified atom stereocenters. The molecule has 0 spiro atoms. The second kappa shape index (κ2) is 6.52. The Bertz CT molecular complexity index is 453. The van der Waals surface area contributed by atoms with Crippen LogP contribution >= 0.6 is 27.5 Å². The molecule has 2 atom stereocenters. The number of benzene rings is 1. The van der Waals surface area contributed by atoms with Crippen molar-refractivity contribution in [2.45, 2.75) is 12.2 Å². The quantitative estimate of drug-likeness (QED) is 0.917. The molecule has 6 heteroatoms. The standard InChI is InChI=1S/C11H13BrClNO2S/c1-7(17(2)16)6-14-11(15)9-5-8(12)3-4-10(9)13/h3-5,7H,6H2,1-2H3,(H,14,15). The molecule has 0 saturated heterocycles. The number of hydrogen-bond acceptors (Lipinski definition) is 2. The van der Waals surface area contributed by atoms with Gasteiger partial charge in [-0.05, 0) is 25.1 Å². The van der Waals surface area contributed by atoms with E-state index in [1.807, 2.05) is 6.92 Å². The third-order valence-corrected chi connectivity index (χ3v) is 4.41. The molecule has 1 aromatic carbocycles. The average Bonchev–Trinajstić information content (AvgIpc) is 2.28. The Labute approximate surface area is 117 Å². The van der Waals surface area contributed by atoms with Gasteiger partial charge in [0.05, 0.1) is 10.6 Å². The topological polar surface area (TPSA) is 46.2 Å². The minimum absolute atomic E-state index is 0.0788. The highest BCUT2D eigenvalue weighted by Crippen LogP contribution is 2.20. The molecular formula is C11H13BrClNO2S. The van der Waals surface area contributed by atoms with E-state index >= 15 is 0 Å². The summed E-state index contributed by atoms with van der Waals surface area (Å²) in [5.74, 6) is -0.256. The molecule has 0 aliphatic heterocycles. The molecule has 1 aromatic rings. The summed E-state index contributed by atoms with van der Waals surface area (Å²) in [6.45, 7) is 2.18. The number of carbonyl (C=O) groups excluding carboxylic acids is 1. The Balaban J connectivity index is 2.70. The van der Waals surface area contributed by atoms with Gasteiger partial charge in [-0.2, -0.15) is 0 Å². The summed E-state index contributed by atoms with van der Waals surface area (Å²) in [4.78, 5) is 11.8. The van der Waals surface area contributed by atoms with Crippen molar-refractivity contribution in [1.82, 2.24) is 5.32 Å². The van der Waals surface area contributed by atoms with Gasteiger partial charge in [-0.1, -0.05) is 27.5 Å². The molecule has 0 bridgehead atoms. The monoisotopic (exact) mass is 337 g/mol. The van der Waals surface area contributed by atoms with Crippen molar-refractivity contribution in [3.63, 3.8) is 0 Å². The van der Waals surface area contributed by atoms with Gasteiger partial charge < -0.3 is 5.32 Å². The van der Waals surface area contributed by atoms with Crippen LogP contribution in [0.2, 0.25) is 5.02 Å². The molecule has 0 aliphatic rings. The highest BCUT2D eigenvalue weighted by molar-refractivity contribution is 9.10. The van der Waals surface area contributed by atoms with Gasteiger partial charge in [0, 0.05) is 33.3 Å². The van der Waals surface area contributed by atoms with Crippen molar-refractivity contribution in [3.05, 3.63) is 33.3 Å². The van der Waals surface area contributed by atoms with Crippen LogP contribution in [0.15, 0.2) is 22.7 Å². The van der Waals surface area contributed by atoms with Crippen molar-refractivity contribution in [2.75, 3.05) is 12.8 Å². The van der Waals surface area contributed by atoms with E-state index in [0.29, 0.717) is 17.1 Å². The number of amides is 1. The number of nitrogens with one attached hydrogen (secondary N) is 1. The van der Waals surface area contributed by atoms with Crippen LogP contribution in [0, 0.1) is 0 Å². The first-order valence-corrected chi connectivity index (χ1v) is 7.76. The third-order valence-electron chi connectivity index (χ3n) is 2.29. The lowest BCUT2D eigenvalue weighted by atomic mass is 10.2. The van der Waals surface area contributed by atoms with Crippen LogP contribution in [0.25, 0.3) is 0 Å². The van der Waals surface area contributed by atoms with Gasteiger partial charge in [0.1, 0.15) is 0 Å². The summed E-state index contributed by atoms with van der Waals surface area (Å²) in [6, 6.07) is 5.08. The SMILES string of the molecule is CC(CNC(=O)c1cc(Br)ccc1Cl)S(C)=O. The van der Waals surface area contributed by atoms with E-state index in [1.54, 1.807) is 24.5 Å². The molecule has 0 fully saturated rings. The first-order chi connectivity index (χ1) is 7.91. The molecule has 0 aliphatic carbocycles. The lowest BCUT2D eigenvalue weighted by molar-refractivity contribution is 0.0954. The van der Waals surface area contributed by atoms with E-state index in [9.17, 15) is 9.00 Å². The Morgan fingerprint density at radius 1 is 1.59 bits per heavy atom. The molecule has 1 rings (SSSR count). The molecule has 1 N–H and O–H groups in total. The third kappa shape index (κ3) is 4.41. The maximum absolute atomic E-state index is 11.8. The van der Waals surface area contributed by atoms with Crippen LogP contribution < -0.4 is 5.32 Å². The molecular weight excluding hydrogens is 326 g/mol. The Morgan fingerprint density at radius 3 is 2.82 bits per heavy atom. The predicted molar refractivity (Wildman–Crippen MR) is 75.0 cm³/mol. The lowest BCUT2D eigenvalue weighted by Gasteiger charge is -2.10.